The summed E-state index contributed by atoms with van der Waals surface area (Å²) in [6, 6.07) is 6.87. The Labute approximate surface area is 184 Å². The molecule has 3 N–H and O–H groups in total. The summed E-state index contributed by atoms with van der Waals surface area (Å²) < 4.78 is 1.76. The van der Waals surface area contributed by atoms with Crippen molar-refractivity contribution in [2.24, 2.45) is 0 Å². The molecule has 4 rings (SSSR count). The standard InChI is InChI=1S/C21H23ClN8O/c1-12(27-19-14(10-23)18(24)25-11-26-19)20-28-16-5-3-4-15(22)17(16)21(31)30(20)13-6-8-29(2)9-7-13/h3-5,11-13H,6-9H2,1-2H3,(H3,24,25,26,27). The lowest BCUT2D eigenvalue weighted by Gasteiger charge is -2.32. The van der Waals surface area contributed by atoms with Crippen molar-refractivity contribution in [1.29, 1.82) is 5.26 Å². The average Bonchev–Trinajstić information content (AvgIpc) is 2.74. The van der Waals surface area contributed by atoms with Crippen molar-refractivity contribution in [3.8, 4) is 6.07 Å². The van der Waals surface area contributed by atoms with E-state index in [9.17, 15) is 10.1 Å². The molecule has 1 atom stereocenters. The molecule has 2 aromatic heterocycles. The van der Waals surface area contributed by atoms with Crippen molar-refractivity contribution in [3.05, 3.63) is 51.3 Å². The van der Waals surface area contributed by atoms with Gasteiger partial charge in [-0.3, -0.25) is 9.36 Å². The van der Waals surface area contributed by atoms with Crippen LogP contribution in [0.1, 0.15) is 43.2 Å². The summed E-state index contributed by atoms with van der Waals surface area (Å²) in [4.78, 5) is 28.7. The monoisotopic (exact) mass is 438 g/mol. The number of piperidine rings is 1. The van der Waals surface area contributed by atoms with E-state index >= 15 is 0 Å². The summed E-state index contributed by atoms with van der Waals surface area (Å²) in [7, 11) is 2.07. The second-order valence-corrected chi connectivity index (χ2v) is 8.18. The zero-order valence-corrected chi connectivity index (χ0v) is 18.1. The maximum absolute atomic E-state index is 13.6. The van der Waals surface area contributed by atoms with Gasteiger partial charge in [-0.2, -0.15) is 5.26 Å². The molecule has 1 aliphatic rings. The number of fused-ring (bicyclic) bond motifs is 1. The molecule has 3 heterocycles. The minimum atomic E-state index is -0.419. The van der Waals surface area contributed by atoms with Crippen LogP contribution in [-0.2, 0) is 0 Å². The fourth-order valence-electron chi connectivity index (χ4n) is 4.02. The second kappa shape index (κ2) is 8.49. The number of nitrogens with two attached hydrogens (primary N) is 1. The van der Waals surface area contributed by atoms with Crippen molar-refractivity contribution in [3.63, 3.8) is 0 Å². The van der Waals surface area contributed by atoms with Crippen LogP contribution in [0.3, 0.4) is 0 Å². The van der Waals surface area contributed by atoms with Crippen LogP contribution in [0.15, 0.2) is 29.3 Å². The molecule has 3 aromatic rings. The first-order valence-electron chi connectivity index (χ1n) is 10.1. The van der Waals surface area contributed by atoms with Gasteiger partial charge in [0, 0.05) is 6.04 Å². The smallest absolute Gasteiger partial charge is 0.263 e. The maximum atomic E-state index is 13.6. The van der Waals surface area contributed by atoms with Crippen LogP contribution in [0.2, 0.25) is 5.02 Å². The Bertz CT molecular complexity index is 1230. The maximum Gasteiger partial charge on any atom is 0.263 e. The molecule has 1 aliphatic heterocycles. The summed E-state index contributed by atoms with van der Waals surface area (Å²) in [5.74, 6) is 0.964. The third-order valence-corrected chi connectivity index (χ3v) is 6.00. The number of aromatic nitrogens is 4. The molecule has 10 heteroatoms. The van der Waals surface area contributed by atoms with E-state index in [-0.39, 0.29) is 23.0 Å². The molecule has 0 bridgehead atoms. The molecule has 0 aliphatic carbocycles. The largest absolute Gasteiger partial charge is 0.382 e. The molecule has 9 nitrogen and oxygen atoms in total. The second-order valence-electron chi connectivity index (χ2n) is 7.77. The van der Waals surface area contributed by atoms with E-state index in [0.29, 0.717) is 27.6 Å². The lowest BCUT2D eigenvalue weighted by molar-refractivity contribution is 0.215. The van der Waals surface area contributed by atoms with E-state index in [1.807, 2.05) is 13.0 Å². The van der Waals surface area contributed by atoms with E-state index in [1.54, 1.807) is 22.8 Å². The number of hydrogen-bond donors (Lipinski definition) is 2. The van der Waals surface area contributed by atoms with Gasteiger partial charge in [-0.1, -0.05) is 17.7 Å². The molecule has 0 spiro atoms. The first-order chi connectivity index (χ1) is 14.9. The number of likely N-dealkylation sites (tertiary alicyclic amines) is 1. The molecular formula is C21H23ClN8O. The number of nitrogens with zero attached hydrogens (tertiary/aromatic N) is 6. The van der Waals surface area contributed by atoms with Gasteiger partial charge in [0.15, 0.2) is 0 Å². The molecule has 31 heavy (non-hydrogen) atoms. The highest BCUT2D eigenvalue weighted by molar-refractivity contribution is 6.35. The van der Waals surface area contributed by atoms with Crippen molar-refractivity contribution in [2.75, 3.05) is 31.2 Å². The Hall–Kier alpha value is -3.22. The Morgan fingerprint density at radius 2 is 2.06 bits per heavy atom. The van der Waals surface area contributed by atoms with Gasteiger partial charge < -0.3 is 16.0 Å². The van der Waals surface area contributed by atoms with Crippen LogP contribution in [0.25, 0.3) is 10.9 Å². The highest BCUT2D eigenvalue weighted by Gasteiger charge is 2.27. The molecule has 0 radical (unpaired) electrons. The van der Waals surface area contributed by atoms with E-state index in [0.717, 1.165) is 25.9 Å². The third-order valence-electron chi connectivity index (χ3n) is 5.69. The first-order valence-corrected chi connectivity index (χ1v) is 10.4. The van der Waals surface area contributed by atoms with Crippen LogP contribution < -0.4 is 16.6 Å². The molecule has 1 saturated heterocycles. The van der Waals surface area contributed by atoms with Gasteiger partial charge >= 0.3 is 0 Å². The van der Waals surface area contributed by atoms with E-state index in [2.05, 4.69) is 27.2 Å². The fraction of sp³-hybridized carbons (Fsp3) is 0.381. The SMILES string of the molecule is CC(Nc1ncnc(N)c1C#N)c1nc2cccc(Cl)c2c(=O)n1C1CCN(C)CC1. The van der Waals surface area contributed by atoms with E-state index < -0.39 is 6.04 Å². The van der Waals surface area contributed by atoms with Gasteiger partial charge in [0.25, 0.3) is 5.56 Å². The number of halogens is 1. The summed E-state index contributed by atoms with van der Waals surface area (Å²) in [5.41, 5.74) is 6.36. The lowest BCUT2D eigenvalue weighted by Crippen LogP contribution is -2.38. The molecule has 1 fully saturated rings. The summed E-state index contributed by atoms with van der Waals surface area (Å²) in [6.45, 7) is 3.66. The third kappa shape index (κ3) is 3.92. The molecule has 1 unspecified atom stereocenters. The number of benzene rings is 1. The van der Waals surface area contributed by atoms with Crippen LogP contribution in [0.4, 0.5) is 11.6 Å². The van der Waals surface area contributed by atoms with Gasteiger partial charge in [0.2, 0.25) is 0 Å². The van der Waals surface area contributed by atoms with Crippen molar-refractivity contribution in [1.82, 2.24) is 24.4 Å². The van der Waals surface area contributed by atoms with Gasteiger partial charge in [0.1, 0.15) is 35.4 Å². The molecule has 0 amide bonds. The predicted octanol–water partition coefficient (Wildman–Crippen LogP) is 2.73. The number of anilines is 2. The molecular weight excluding hydrogens is 416 g/mol. The fourth-order valence-corrected chi connectivity index (χ4v) is 4.27. The average molecular weight is 439 g/mol. The Balaban J connectivity index is 1.84. The van der Waals surface area contributed by atoms with Crippen LogP contribution in [0, 0.1) is 11.3 Å². The highest BCUT2D eigenvalue weighted by atomic mass is 35.5. The van der Waals surface area contributed by atoms with E-state index in [4.69, 9.17) is 22.3 Å². The minimum Gasteiger partial charge on any atom is -0.382 e. The summed E-state index contributed by atoms with van der Waals surface area (Å²) in [6.07, 6.45) is 2.96. The Morgan fingerprint density at radius 3 is 2.77 bits per heavy atom. The van der Waals surface area contributed by atoms with Crippen molar-refractivity contribution < 1.29 is 0 Å². The number of rotatable bonds is 4. The zero-order valence-electron chi connectivity index (χ0n) is 17.3. The lowest BCUT2D eigenvalue weighted by atomic mass is 10.0. The predicted molar refractivity (Wildman–Crippen MR) is 120 cm³/mol. The summed E-state index contributed by atoms with van der Waals surface area (Å²) >= 11 is 6.37. The first kappa shape index (κ1) is 21.0. The quantitative estimate of drug-likeness (QED) is 0.636. The Morgan fingerprint density at radius 1 is 1.32 bits per heavy atom. The van der Waals surface area contributed by atoms with Crippen LogP contribution >= 0.6 is 11.6 Å². The molecule has 160 valence electrons. The molecule has 0 saturated carbocycles. The number of nitrogen functional groups attached to an aromatic ring is 1. The van der Waals surface area contributed by atoms with Crippen molar-refractivity contribution in [2.45, 2.75) is 31.8 Å². The van der Waals surface area contributed by atoms with Gasteiger partial charge in [0.05, 0.1) is 22.0 Å². The minimum absolute atomic E-state index is 0.00188. The zero-order chi connectivity index (χ0) is 22.1. The Kier molecular flexibility index (Phi) is 5.76. The normalized spacial score (nSPS) is 16.2. The van der Waals surface area contributed by atoms with Crippen LogP contribution in [-0.4, -0.2) is 44.6 Å². The number of nitriles is 1. The highest BCUT2D eigenvalue weighted by Crippen LogP contribution is 2.29. The number of hydrogen-bond acceptors (Lipinski definition) is 8. The van der Waals surface area contributed by atoms with Gasteiger partial charge in [-0.25, -0.2) is 15.0 Å². The topological polar surface area (TPSA) is 126 Å². The molecule has 1 aromatic carbocycles. The van der Waals surface area contributed by atoms with Crippen molar-refractivity contribution >= 4 is 34.1 Å². The van der Waals surface area contributed by atoms with Gasteiger partial charge in [-0.15, -0.1) is 0 Å². The van der Waals surface area contributed by atoms with Gasteiger partial charge in [-0.05, 0) is 52.0 Å². The number of nitrogens with one attached hydrogen (secondary N) is 1. The van der Waals surface area contributed by atoms with Crippen LogP contribution in [0.5, 0.6) is 0 Å². The summed E-state index contributed by atoms with van der Waals surface area (Å²) in [5, 5.41) is 13.4. The van der Waals surface area contributed by atoms with E-state index in [1.165, 1.54) is 6.33 Å².